The Kier molecular flexibility index (Phi) is 4.96. The first-order valence-corrected chi connectivity index (χ1v) is 7.15. The number of nitrogens with zero attached hydrogens (tertiary/aromatic N) is 4. The average molecular weight is 263 g/mol. The molecule has 1 aliphatic rings. The zero-order valence-corrected chi connectivity index (χ0v) is 12.3. The maximum atomic E-state index is 4.57. The highest BCUT2D eigenvalue weighted by Crippen LogP contribution is 2.22. The van der Waals surface area contributed by atoms with Crippen molar-refractivity contribution in [2.75, 3.05) is 50.5 Å². The summed E-state index contributed by atoms with van der Waals surface area (Å²) in [7, 11) is 4.30. The number of anilines is 2. The van der Waals surface area contributed by atoms with E-state index in [4.69, 9.17) is 0 Å². The second kappa shape index (κ2) is 6.70. The van der Waals surface area contributed by atoms with Crippen molar-refractivity contribution in [1.82, 2.24) is 14.9 Å². The van der Waals surface area contributed by atoms with E-state index in [1.807, 2.05) is 12.3 Å². The molecule has 1 aliphatic heterocycles. The van der Waals surface area contributed by atoms with E-state index >= 15 is 0 Å². The minimum atomic E-state index is 0.732. The molecule has 2 rings (SSSR count). The van der Waals surface area contributed by atoms with Gasteiger partial charge < -0.3 is 15.1 Å². The van der Waals surface area contributed by atoms with Gasteiger partial charge in [0.2, 0.25) is 5.95 Å². The Morgan fingerprint density at radius 2 is 2.11 bits per heavy atom. The summed E-state index contributed by atoms with van der Waals surface area (Å²) < 4.78 is 0. The van der Waals surface area contributed by atoms with Crippen LogP contribution < -0.4 is 10.2 Å². The van der Waals surface area contributed by atoms with Crippen LogP contribution in [0.25, 0.3) is 0 Å². The van der Waals surface area contributed by atoms with Gasteiger partial charge in [0.1, 0.15) is 5.82 Å². The summed E-state index contributed by atoms with van der Waals surface area (Å²) in [4.78, 5) is 13.4. The van der Waals surface area contributed by atoms with Crippen molar-refractivity contribution in [3.63, 3.8) is 0 Å². The van der Waals surface area contributed by atoms with Crippen molar-refractivity contribution in [3.05, 3.63) is 12.3 Å². The summed E-state index contributed by atoms with van der Waals surface area (Å²) in [5.41, 5.74) is 0. The van der Waals surface area contributed by atoms with Gasteiger partial charge in [-0.3, -0.25) is 0 Å². The number of aromatic nitrogens is 2. The summed E-state index contributed by atoms with van der Waals surface area (Å²) in [6.07, 6.45) is 4.34. The Labute approximate surface area is 116 Å². The zero-order chi connectivity index (χ0) is 13.7. The summed E-state index contributed by atoms with van der Waals surface area (Å²) in [6, 6.07) is 2.01. The largest absolute Gasteiger partial charge is 0.356 e. The third kappa shape index (κ3) is 4.06. The van der Waals surface area contributed by atoms with Crippen molar-refractivity contribution in [1.29, 1.82) is 0 Å². The summed E-state index contributed by atoms with van der Waals surface area (Å²) in [5, 5.41) is 3.17. The predicted molar refractivity (Wildman–Crippen MR) is 79.7 cm³/mol. The smallest absolute Gasteiger partial charge is 0.224 e. The summed E-state index contributed by atoms with van der Waals surface area (Å²) in [6.45, 7) is 6.31. The SMILES string of the molecule is CCNc1nccc(N2CCC(CN(C)C)CC2)n1. The molecule has 0 unspecified atom stereocenters. The molecule has 0 atom stereocenters. The van der Waals surface area contributed by atoms with Crippen molar-refractivity contribution in [2.24, 2.45) is 5.92 Å². The molecule has 0 saturated carbocycles. The normalized spacial score (nSPS) is 16.9. The maximum absolute atomic E-state index is 4.57. The van der Waals surface area contributed by atoms with Crippen LogP contribution in [0.1, 0.15) is 19.8 Å². The van der Waals surface area contributed by atoms with E-state index in [1.54, 1.807) is 0 Å². The lowest BCUT2D eigenvalue weighted by Gasteiger charge is -2.33. The molecule has 2 heterocycles. The molecule has 5 nitrogen and oxygen atoms in total. The second-order valence-electron chi connectivity index (χ2n) is 5.46. The van der Waals surface area contributed by atoms with Gasteiger partial charge in [-0.25, -0.2) is 4.98 Å². The molecular weight excluding hydrogens is 238 g/mol. The highest BCUT2D eigenvalue weighted by molar-refractivity contribution is 5.42. The third-order valence-electron chi connectivity index (χ3n) is 3.54. The first-order valence-electron chi connectivity index (χ1n) is 7.15. The summed E-state index contributed by atoms with van der Waals surface area (Å²) in [5.74, 6) is 2.60. The first-order chi connectivity index (χ1) is 9.19. The van der Waals surface area contributed by atoms with Gasteiger partial charge in [-0.15, -0.1) is 0 Å². The molecule has 1 N–H and O–H groups in total. The van der Waals surface area contributed by atoms with E-state index in [0.29, 0.717) is 0 Å². The van der Waals surface area contributed by atoms with Crippen LogP contribution in [0.2, 0.25) is 0 Å². The van der Waals surface area contributed by atoms with Crippen LogP contribution >= 0.6 is 0 Å². The molecule has 1 aromatic rings. The van der Waals surface area contributed by atoms with E-state index in [1.165, 1.54) is 19.4 Å². The van der Waals surface area contributed by atoms with E-state index in [0.717, 1.165) is 37.3 Å². The van der Waals surface area contributed by atoms with Gasteiger partial charge in [0, 0.05) is 32.4 Å². The van der Waals surface area contributed by atoms with E-state index in [2.05, 4.69) is 46.1 Å². The van der Waals surface area contributed by atoms with Crippen molar-refractivity contribution in [3.8, 4) is 0 Å². The fraction of sp³-hybridized carbons (Fsp3) is 0.714. The quantitative estimate of drug-likeness (QED) is 0.876. The van der Waals surface area contributed by atoms with Gasteiger partial charge in [0.25, 0.3) is 0 Å². The Bertz CT molecular complexity index is 385. The van der Waals surface area contributed by atoms with Crippen LogP contribution in [0.4, 0.5) is 11.8 Å². The van der Waals surface area contributed by atoms with Crippen molar-refractivity contribution in [2.45, 2.75) is 19.8 Å². The van der Waals surface area contributed by atoms with E-state index in [9.17, 15) is 0 Å². The fourth-order valence-corrected chi connectivity index (χ4v) is 2.63. The highest BCUT2D eigenvalue weighted by atomic mass is 15.2. The molecular formula is C14H25N5. The highest BCUT2D eigenvalue weighted by Gasteiger charge is 2.20. The fourth-order valence-electron chi connectivity index (χ4n) is 2.63. The molecule has 0 spiro atoms. The van der Waals surface area contributed by atoms with E-state index < -0.39 is 0 Å². The van der Waals surface area contributed by atoms with Gasteiger partial charge in [-0.05, 0) is 45.8 Å². The summed E-state index contributed by atoms with van der Waals surface area (Å²) >= 11 is 0. The number of hydrogen-bond donors (Lipinski definition) is 1. The average Bonchev–Trinajstić information content (AvgIpc) is 2.40. The molecule has 0 radical (unpaired) electrons. The predicted octanol–water partition coefficient (Wildman–Crippen LogP) is 1.69. The van der Waals surface area contributed by atoms with Crippen LogP contribution in [-0.2, 0) is 0 Å². The lowest BCUT2D eigenvalue weighted by molar-refractivity contribution is 0.284. The minimum absolute atomic E-state index is 0.732. The van der Waals surface area contributed by atoms with E-state index in [-0.39, 0.29) is 0 Å². The number of nitrogens with one attached hydrogen (secondary N) is 1. The Morgan fingerprint density at radius 3 is 2.74 bits per heavy atom. The maximum Gasteiger partial charge on any atom is 0.224 e. The van der Waals surface area contributed by atoms with Crippen LogP contribution in [0.3, 0.4) is 0 Å². The molecule has 0 amide bonds. The van der Waals surface area contributed by atoms with Gasteiger partial charge in [0.15, 0.2) is 0 Å². The van der Waals surface area contributed by atoms with Crippen molar-refractivity contribution < 1.29 is 0 Å². The van der Waals surface area contributed by atoms with Gasteiger partial charge >= 0.3 is 0 Å². The molecule has 19 heavy (non-hydrogen) atoms. The molecule has 0 aliphatic carbocycles. The van der Waals surface area contributed by atoms with Gasteiger partial charge in [0.05, 0.1) is 0 Å². The van der Waals surface area contributed by atoms with Crippen LogP contribution in [0.15, 0.2) is 12.3 Å². The number of piperidine rings is 1. The number of rotatable bonds is 5. The molecule has 1 aromatic heterocycles. The molecule has 5 heteroatoms. The molecule has 0 aromatic carbocycles. The molecule has 106 valence electrons. The lowest BCUT2D eigenvalue weighted by atomic mass is 9.96. The third-order valence-corrected chi connectivity index (χ3v) is 3.54. The van der Waals surface area contributed by atoms with Crippen LogP contribution in [0.5, 0.6) is 0 Å². The zero-order valence-electron chi connectivity index (χ0n) is 12.3. The van der Waals surface area contributed by atoms with Crippen LogP contribution in [-0.4, -0.2) is 55.1 Å². The monoisotopic (exact) mass is 263 g/mol. The minimum Gasteiger partial charge on any atom is -0.356 e. The number of hydrogen-bond acceptors (Lipinski definition) is 5. The Balaban J connectivity index is 1.92. The lowest BCUT2D eigenvalue weighted by Crippen LogP contribution is -2.37. The standard InChI is InChI=1S/C14H25N5/c1-4-15-14-16-8-5-13(17-14)19-9-6-12(7-10-19)11-18(2)3/h5,8,12H,4,6-7,9-11H2,1-3H3,(H,15,16,17). The van der Waals surface area contributed by atoms with Crippen LogP contribution in [0, 0.1) is 5.92 Å². The Hall–Kier alpha value is -1.36. The van der Waals surface area contributed by atoms with Crippen molar-refractivity contribution >= 4 is 11.8 Å². The van der Waals surface area contributed by atoms with Gasteiger partial charge in [-0.2, -0.15) is 4.98 Å². The topological polar surface area (TPSA) is 44.3 Å². The van der Waals surface area contributed by atoms with Gasteiger partial charge in [-0.1, -0.05) is 0 Å². The Morgan fingerprint density at radius 1 is 1.37 bits per heavy atom. The first kappa shape index (κ1) is 14.1. The second-order valence-corrected chi connectivity index (χ2v) is 5.46. The molecule has 1 fully saturated rings. The molecule has 0 bridgehead atoms. The molecule has 1 saturated heterocycles.